The summed E-state index contributed by atoms with van der Waals surface area (Å²) in [5.41, 5.74) is 4.31. The number of thiophene rings is 1. The standard InChI is InChI=1S/C31H26N2O6S/c1-3-36-30(34)26-17-13-22(38-26)11-7-20-9-15-24(32-20)29(28-6-5-19-40-28)25-16-10-21(33-25)8-12-23-14-18-27(39-23)31(35)37-4-2/h5-19,32H,3-4H2,1-2H3/b11-7+,12-8+,29-25+. The lowest BCUT2D eigenvalue weighted by molar-refractivity contribution is 0.0481. The number of H-pyrrole nitrogens is 1. The second-order valence-electron chi connectivity index (χ2n) is 8.45. The van der Waals surface area contributed by atoms with Gasteiger partial charge < -0.3 is 23.3 Å². The normalized spacial score (nSPS) is 14.3. The van der Waals surface area contributed by atoms with Crippen LogP contribution >= 0.6 is 11.3 Å². The molecular formula is C31H26N2O6S. The molecule has 8 nitrogen and oxygen atoms in total. The number of esters is 2. The second-order valence-corrected chi connectivity index (χ2v) is 9.39. The number of rotatable bonds is 10. The number of aromatic amines is 1. The van der Waals surface area contributed by atoms with E-state index in [4.69, 9.17) is 23.3 Å². The fourth-order valence-corrected chi connectivity index (χ4v) is 4.72. The number of nitrogens with zero attached hydrogens (tertiary/aromatic N) is 1. The number of allylic oxidation sites excluding steroid dienone is 3. The van der Waals surface area contributed by atoms with Crippen molar-refractivity contribution in [3.8, 4) is 0 Å². The van der Waals surface area contributed by atoms with Gasteiger partial charge in [-0.25, -0.2) is 14.6 Å². The van der Waals surface area contributed by atoms with Gasteiger partial charge in [-0.1, -0.05) is 6.07 Å². The minimum Gasteiger partial charge on any atom is -0.460 e. The number of hydrogen-bond acceptors (Lipinski definition) is 8. The van der Waals surface area contributed by atoms with Crippen LogP contribution in [0.5, 0.6) is 0 Å². The van der Waals surface area contributed by atoms with Crippen molar-refractivity contribution < 1.29 is 27.9 Å². The summed E-state index contributed by atoms with van der Waals surface area (Å²) in [6, 6.07) is 14.7. The highest BCUT2D eigenvalue weighted by atomic mass is 32.1. The molecule has 0 fully saturated rings. The van der Waals surface area contributed by atoms with E-state index in [9.17, 15) is 9.59 Å². The van der Waals surface area contributed by atoms with Crippen molar-refractivity contribution in [3.63, 3.8) is 0 Å². The van der Waals surface area contributed by atoms with E-state index < -0.39 is 11.9 Å². The molecule has 0 saturated heterocycles. The first-order valence-electron chi connectivity index (χ1n) is 12.7. The molecule has 0 spiro atoms. The van der Waals surface area contributed by atoms with Crippen molar-refractivity contribution in [2.75, 3.05) is 13.2 Å². The monoisotopic (exact) mass is 554 g/mol. The maximum Gasteiger partial charge on any atom is 0.374 e. The molecule has 0 amide bonds. The Kier molecular flexibility index (Phi) is 8.22. The SMILES string of the molecule is CCOC(=O)c1ccc(/C=C/C2=NC(=C(\c3ccc(/C=C/c4ccc(C(=O)OCC)o4)[nH]3)c3cccs3)/C=C2)o1. The molecular weight excluding hydrogens is 528 g/mol. The van der Waals surface area contributed by atoms with Crippen LogP contribution in [0.25, 0.3) is 23.8 Å². The average Bonchev–Trinajstić information content (AvgIpc) is 3.79. The van der Waals surface area contributed by atoms with Gasteiger partial charge in [-0.15, -0.1) is 11.3 Å². The van der Waals surface area contributed by atoms with Crippen LogP contribution in [0.15, 0.2) is 91.7 Å². The van der Waals surface area contributed by atoms with E-state index in [2.05, 4.69) is 11.1 Å². The molecule has 202 valence electrons. The van der Waals surface area contributed by atoms with Gasteiger partial charge in [0.1, 0.15) is 11.5 Å². The number of carbonyl (C=O) groups excluding carboxylic acids is 2. The van der Waals surface area contributed by atoms with Crippen LogP contribution in [-0.2, 0) is 9.47 Å². The number of carbonyl (C=O) groups is 2. The Labute approximate surface area is 234 Å². The fourth-order valence-electron chi connectivity index (χ4n) is 3.93. The quantitative estimate of drug-likeness (QED) is 0.207. The smallest absolute Gasteiger partial charge is 0.374 e. The fraction of sp³-hybridized carbons (Fsp3) is 0.129. The molecule has 40 heavy (non-hydrogen) atoms. The Balaban J connectivity index is 1.36. The van der Waals surface area contributed by atoms with Crippen molar-refractivity contribution in [2.45, 2.75) is 13.8 Å². The number of furan rings is 2. The first kappa shape index (κ1) is 26.7. The van der Waals surface area contributed by atoms with Crippen molar-refractivity contribution in [1.29, 1.82) is 0 Å². The summed E-state index contributed by atoms with van der Waals surface area (Å²) in [6.45, 7) is 4.07. The Morgan fingerprint density at radius 2 is 1.52 bits per heavy atom. The van der Waals surface area contributed by atoms with E-state index in [0.29, 0.717) is 11.5 Å². The first-order chi connectivity index (χ1) is 19.5. The number of ether oxygens (including phenoxy) is 2. The Morgan fingerprint density at radius 3 is 2.15 bits per heavy atom. The molecule has 0 saturated carbocycles. The predicted molar refractivity (Wildman–Crippen MR) is 155 cm³/mol. The van der Waals surface area contributed by atoms with E-state index in [1.54, 1.807) is 61.6 Å². The third-order valence-electron chi connectivity index (χ3n) is 5.72. The van der Waals surface area contributed by atoms with Crippen LogP contribution in [0.2, 0.25) is 0 Å². The third kappa shape index (κ3) is 6.22. The van der Waals surface area contributed by atoms with Crippen molar-refractivity contribution in [2.24, 2.45) is 4.99 Å². The molecule has 0 atom stereocenters. The van der Waals surface area contributed by atoms with Crippen LogP contribution in [0.1, 0.15) is 62.7 Å². The second kappa shape index (κ2) is 12.3. The highest BCUT2D eigenvalue weighted by molar-refractivity contribution is 7.11. The van der Waals surface area contributed by atoms with Gasteiger partial charge in [0.25, 0.3) is 0 Å². The van der Waals surface area contributed by atoms with Gasteiger partial charge in [0.15, 0.2) is 0 Å². The van der Waals surface area contributed by atoms with Gasteiger partial charge in [-0.2, -0.15) is 0 Å². The molecule has 0 aromatic carbocycles. The van der Waals surface area contributed by atoms with Gasteiger partial charge in [-0.3, -0.25) is 0 Å². The molecule has 0 unspecified atom stereocenters. The van der Waals surface area contributed by atoms with Crippen LogP contribution in [0.3, 0.4) is 0 Å². The lowest BCUT2D eigenvalue weighted by atomic mass is 10.1. The highest BCUT2D eigenvalue weighted by Crippen LogP contribution is 2.33. The minimum absolute atomic E-state index is 0.161. The molecule has 1 aliphatic rings. The molecule has 4 aromatic rings. The van der Waals surface area contributed by atoms with Gasteiger partial charge >= 0.3 is 11.9 Å². The summed E-state index contributed by atoms with van der Waals surface area (Å²) in [5, 5.41) is 2.03. The van der Waals surface area contributed by atoms with E-state index in [1.165, 1.54) is 0 Å². The maximum atomic E-state index is 11.8. The van der Waals surface area contributed by atoms with Gasteiger partial charge in [-0.05, 0) is 98.1 Å². The zero-order valence-corrected chi connectivity index (χ0v) is 22.7. The number of aliphatic imine (C=N–C) groups is 1. The molecule has 5 rings (SSSR count). The topological polar surface area (TPSA) is 107 Å². The Hall–Kier alpha value is -4.89. The summed E-state index contributed by atoms with van der Waals surface area (Å²) < 4.78 is 21.0. The summed E-state index contributed by atoms with van der Waals surface area (Å²) >= 11 is 1.63. The van der Waals surface area contributed by atoms with Gasteiger partial charge in [0, 0.05) is 21.8 Å². The minimum atomic E-state index is -0.489. The van der Waals surface area contributed by atoms with Gasteiger partial charge in [0.2, 0.25) is 11.5 Å². The van der Waals surface area contributed by atoms with Gasteiger partial charge in [0.05, 0.1) is 24.6 Å². The van der Waals surface area contributed by atoms with Crippen LogP contribution in [0, 0.1) is 0 Å². The predicted octanol–water partition coefficient (Wildman–Crippen LogP) is 7.27. The Morgan fingerprint density at radius 1 is 0.850 bits per heavy atom. The molecule has 0 radical (unpaired) electrons. The van der Waals surface area contributed by atoms with E-state index in [-0.39, 0.29) is 24.7 Å². The molecule has 1 aliphatic heterocycles. The molecule has 0 aliphatic carbocycles. The lowest BCUT2D eigenvalue weighted by Crippen LogP contribution is -2.02. The number of nitrogens with one attached hydrogen (secondary N) is 1. The number of aromatic nitrogens is 1. The molecule has 4 aromatic heterocycles. The third-order valence-corrected chi connectivity index (χ3v) is 6.60. The van der Waals surface area contributed by atoms with Crippen LogP contribution in [-0.4, -0.2) is 35.8 Å². The summed E-state index contributed by atoms with van der Waals surface area (Å²) in [6.07, 6.45) is 11.2. The first-order valence-corrected chi connectivity index (χ1v) is 13.6. The number of hydrogen-bond donors (Lipinski definition) is 1. The largest absolute Gasteiger partial charge is 0.460 e. The van der Waals surface area contributed by atoms with Crippen molar-refractivity contribution in [1.82, 2.24) is 4.98 Å². The zero-order chi connectivity index (χ0) is 27.9. The zero-order valence-electron chi connectivity index (χ0n) is 21.9. The maximum absolute atomic E-state index is 11.8. The average molecular weight is 555 g/mol. The highest BCUT2D eigenvalue weighted by Gasteiger charge is 2.16. The molecule has 5 heterocycles. The van der Waals surface area contributed by atoms with Crippen molar-refractivity contribution >= 4 is 52.8 Å². The van der Waals surface area contributed by atoms with E-state index in [1.807, 2.05) is 47.9 Å². The van der Waals surface area contributed by atoms with Crippen molar-refractivity contribution in [3.05, 3.63) is 117 Å². The van der Waals surface area contributed by atoms with Crippen LogP contribution < -0.4 is 0 Å². The molecule has 1 N–H and O–H groups in total. The molecule has 9 heteroatoms. The molecule has 0 bridgehead atoms. The Bertz CT molecular complexity index is 1660. The summed E-state index contributed by atoms with van der Waals surface area (Å²) in [4.78, 5) is 33.0. The summed E-state index contributed by atoms with van der Waals surface area (Å²) in [5.74, 6) is 0.427. The summed E-state index contributed by atoms with van der Waals surface area (Å²) in [7, 11) is 0. The van der Waals surface area contributed by atoms with Crippen LogP contribution in [0.4, 0.5) is 0 Å². The van der Waals surface area contributed by atoms with E-state index >= 15 is 0 Å². The lowest BCUT2D eigenvalue weighted by Gasteiger charge is -2.05. The van der Waals surface area contributed by atoms with E-state index in [0.717, 1.165) is 33.2 Å².